The quantitative estimate of drug-likeness (QED) is 0.669. The maximum atomic E-state index is 2.29. The van der Waals surface area contributed by atoms with Gasteiger partial charge in [0.05, 0.1) is 0 Å². The van der Waals surface area contributed by atoms with Crippen LogP contribution in [0.5, 0.6) is 0 Å². The predicted octanol–water partition coefficient (Wildman–Crippen LogP) is 4.35. The van der Waals surface area contributed by atoms with Crippen LogP contribution in [0.3, 0.4) is 0 Å². The summed E-state index contributed by atoms with van der Waals surface area (Å²) in [5.74, 6) is 0. The molecular weight excluding hydrogens is 188 g/mol. The third-order valence-electron chi connectivity index (χ3n) is 2.22. The van der Waals surface area contributed by atoms with E-state index in [1.165, 1.54) is 28.2 Å². The number of aryl methyl sites for hydroxylation is 1. The molecule has 0 bridgehead atoms. The highest BCUT2D eigenvalue weighted by Crippen LogP contribution is 2.18. The molecule has 1 heterocycles. The molecule has 1 aromatic heterocycles. The van der Waals surface area contributed by atoms with E-state index in [1.807, 2.05) is 11.3 Å². The Labute approximate surface area is 89.3 Å². The van der Waals surface area contributed by atoms with Crippen LogP contribution in [0.25, 0.3) is 6.08 Å². The molecule has 0 atom stereocenters. The van der Waals surface area contributed by atoms with Crippen LogP contribution < -0.4 is 0 Å². The molecule has 1 aliphatic carbocycles. The lowest BCUT2D eigenvalue weighted by Crippen LogP contribution is -1.79. The highest BCUT2D eigenvalue weighted by molar-refractivity contribution is 7.12. The van der Waals surface area contributed by atoms with Crippen LogP contribution in [-0.4, -0.2) is 0 Å². The van der Waals surface area contributed by atoms with Crippen molar-refractivity contribution in [3.05, 3.63) is 51.8 Å². The van der Waals surface area contributed by atoms with Crippen molar-refractivity contribution in [3.63, 3.8) is 0 Å². The molecule has 0 aromatic carbocycles. The summed E-state index contributed by atoms with van der Waals surface area (Å²) in [5.41, 5.74) is 1.34. The molecule has 0 amide bonds. The molecule has 1 heteroatoms. The van der Waals surface area contributed by atoms with Crippen LogP contribution >= 0.6 is 11.3 Å². The topological polar surface area (TPSA) is 0 Å². The summed E-state index contributed by atoms with van der Waals surface area (Å²) in [6.07, 6.45) is 13.5. The number of hydrogen-bond donors (Lipinski definition) is 0. The first-order valence-electron chi connectivity index (χ1n) is 4.96. The van der Waals surface area contributed by atoms with Crippen molar-refractivity contribution in [3.8, 4) is 0 Å². The van der Waals surface area contributed by atoms with Crippen molar-refractivity contribution < 1.29 is 0 Å². The molecule has 0 aliphatic heterocycles. The normalized spacial score (nSPS) is 16.2. The lowest BCUT2D eigenvalue weighted by atomic mass is 10.1. The minimum atomic E-state index is 1.18. The van der Waals surface area contributed by atoms with Gasteiger partial charge >= 0.3 is 0 Å². The van der Waals surface area contributed by atoms with Gasteiger partial charge in [0.15, 0.2) is 0 Å². The SMILES string of the molecule is Cc1ccc(/C=C/C2=CCCC=C2)s1. The van der Waals surface area contributed by atoms with Crippen LogP contribution in [0.15, 0.2) is 42.0 Å². The second-order valence-electron chi connectivity index (χ2n) is 3.47. The predicted molar refractivity (Wildman–Crippen MR) is 64.5 cm³/mol. The summed E-state index contributed by atoms with van der Waals surface area (Å²) in [4.78, 5) is 2.71. The number of thiophene rings is 1. The largest absolute Gasteiger partial charge is 0.141 e. The first kappa shape index (κ1) is 9.47. The fourth-order valence-corrected chi connectivity index (χ4v) is 2.26. The Morgan fingerprint density at radius 1 is 1.21 bits per heavy atom. The smallest absolute Gasteiger partial charge is 0.0273 e. The molecule has 0 fully saturated rings. The zero-order chi connectivity index (χ0) is 9.80. The average molecular weight is 202 g/mol. The first-order valence-corrected chi connectivity index (χ1v) is 5.77. The van der Waals surface area contributed by atoms with E-state index in [0.29, 0.717) is 0 Å². The molecule has 2 rings (SSSR count). The van der Waals surface area contributed by atoms with Crippen molar-refractivity contribution >= 4 is 17.4 Å². The van der Waals surface area contributed by atoms with Crippen molar-refractivity contribution in [2.45, 2.75) is 19.8 Å². The van der Waals surface area contributed by atoms with E-state index >= 15 is 0 Å². The Hall–Kier alpha value is -1.08. The van der Waals surface area contributed by atoms with Crippen LogP contribution in [0.2, 0.25) is 0 Å². The zero-order valence-corrected chi connectivity index (χ0v) is 9.18. The van der Waals surface area contributed by atoms with Gasteiger partial charge in [-0.2, -0.15) is 0 Å². The molecule has 1 aromatic rings. The Morgan fingerprint density at radius 2 is 2.14 bits per heavy atom. The summed E-state index contributed by atoms with van der Waals surface area (Å²) in [6, 6.07) is 4.33. The van der Waals surface area contributed by atoms with E-state index in [4.69, 9.17) is 0 Å². The van der Waals surface area contributed by atoms with Gasteiger partial charge in [-0.05, 0) is 43.5 Å². The van der Waals surface area contributed by atoms with Gasteiger partial charge in [0.25, 0.3) is 0 Å². The average Bonchev–Trinajstić information content (AvgIpc) is 2.63. The Morgan fingerprint density at radius 3 is 2.79 bits per heavy atom. The highest BCUT2D eigenvalue weighted by atomic mass is 32.1. The van der Waals surface area contributed by atoms with Gasteiger partial charge in [-0.3, -0.25) is 0 Å². The van der Waals surface area contributed by atoms with Gasteiger partial charge < -0.3 is 0 Å². The summed E-state index contributed by atoms with van der Waals surface area (Å²) >= 11 is 1.84. The van der Waals surface area contributed by atoms with Crippen LogP contribution in [0.4, 0.5) is 0 Å². The Balaban J connectivity index is 2.06. The highest BCUT2D eigenvalue weighted by Gasteiger charge is 1.94. The van der Waals surface area contributed by atoms with Crippen LogP contribution in [0, 0.1) is 6.92 Å². The van der Waals surface area contributed by atoms with E-state index in [1.54, 1.807) is 0 Å². The number of rotatable bonds is 2. The van der Waals surface area contributed by atoms with Gasteiger partial charge in [-0.25, -0.2) is 0 Å². The zero-order valence-electron chi connectivity index (χ0n) is 8.36. The minimum Gasteiger partial charge on any atom is -0.141 e. The molecular formula is C13H14S. The maximum Gasteiger partial charge on any atom is 0.0273 e. The van der Waals surface area contributed by atoms with Crippen LogP contribution in [0.1, 0.15) is 22.6 Å². The third kappa shape index (κ3) is 2.46. The van der Waals surface area contributed by atoms with Gasteiger partial charge in [-0.15, -0.1) is 11.3 Å². The summed E-state index contributed by atoms with van der Waals surface area (Å²) < 4.78 is 0. The van der Waals surface area contributed by atoms with Gasteiger partial charge in [0.2, 0.25) is 0 Å². The van der Waals surface area contributed by atoms with E-state index < -0.39 is 0 Å². The minimum absolute atomic E-state index is 1.18. The summed E-state index contributed by atoms with van der Waals surface area (Å²) in [7, 11) is 0. The molecule has 1 aliphatic rings. The maximum absolute atomic E-state index is 2.29. The molecule has 0 radical (unpaired) electrons. The molecule has 0 unspecified atom stereocenters. The monoisotopic (exact) mass is 202 g/mol. The van der Waals surface area contributed by atoms with E-state index in [0.717, 1.165) is 0 Å². The second kappa shape index (κ2) is 4.43. The van der Waals surface area contributed by atoms with Crippen molar-refractivity contribution in [2.75, 3.05) is 0 Å². The van der Waals surface area contributed by atoms with Gasteiger partial charge in [0.1, 0.15) is 0 Å². The number of hydrogen-bond acceptors (Lipinski definition) is 1. The molecule has 72 valence electrons. The summed E-state index contributed by atoms with van der Waals surface area (Å²) in [6.45, 7) is 2.14. The second-order valence-corrected chi connectivity index (χ2v) is 4.79. The molecule has 0 N–H and O–H groups in total. The van der Waals surface area contributed by atoms with E-state index in [-0.39, 0.29) is 0 Å². The van der Waals surface area contributed by atoms with Crippen molar-refractivity contribution in [2.24, 2.45) is 0 Å². The lowest BCUT2D eigenvalue weighted by molar-refractivity contribution is 1.03. The summed E-state index contributed by atoms with van der Waals surface area (Å²) in [5, 5.41) is 0. The van der Waals surface area contributed by atoms with E-state index in [9.17, 15) is 0 Å². The van der Waals surface area contributed by atoms with Gasteiger partial charge in [-0.1, -0.05) is 24.3 Å². The lowest BCUT2D eigenvalue weighted by Gasteiger charge is -1.99. The fraction of sp³-hybridized carbons (Fsp3) is 0.231. The van der Waals surface area contributed by atoms with Crippen LogP contribution in [-0.2, 0) is 0 Å². The Kier molecular flexibility index (Phi) is 3.00. The third-order valence-corrected chi connectivity index (χ3v) is 3.19. The van der Waals surface area contributed by atoms with E-state index in [2.05, 4.69) is 49.4 Å². The molecule has 0 spiro atoms. The van der Waals surface area contributed by atoms with Crippen molar-refractivity contribution in [1.29, 1.82) is 0 Å². The first-order chi connectivity index (χ1) is 6.84. The van der Waals surface area contributed by atoms with Gasteiger partial charge in [0, 0.05) is 9.75 Å². The Bertz CT molecular complexity index is 391. The molecule has 14 heavy (non-hydrogen) atoms. The van der Waals surface area contributed by atoms with Crippen molar-refractivity contribution in [1.82, 2.24) is 0 Å². The molecule has 0 saturated carbocycles. The molecule has 0 nitrogen and oxygen atoms in total. The molecule has 0 saturated heterocycles. The number of allylic oxidation sites excluding steroid dienone is 5. The fourth-order valence-electron chi connectivity index (χ4n) is 1.48. The standard InChI is InChI=1S/C13H14S/c1-11-7-9-13(14-11)10-8-12-5-3-2-4-6-12/h3,5-10H,2,4H2,1H3/b10-8+.